The van der Waals surface area contributed by atoms with Gasteiger partial charge in [-0.2, -0.15) is 0 Å². The van der Waals surface area contributed by atoms with Gasteiger partial charge in [0.2, 0.25) is 0 Å². The van der Waals surface area contributed by atoms with Crippen LogP contribution < -0.4 is 5.32 Å². The first kappa shape index (κ1) is 12.7. The van der Waals surface area contributed by atoms with Crippen LogP contribution in [0, 0.1) is 0 Å². The fraction of sp³-hybridized carbons (Fsp3) is 0.714. The molecule has 17 heavy (non-hydrogen) atoms. The fourth-order valence-corrected chi connectivity index (χ4v) is 2.49. The summed E-state index contributed by atoms with van der Waals surface area (Å²) in [5.41, 5.74) is 0.0405. The van der Waals surface area contributed by atoms with Crippen molar-refractivity contribution in [3.63, 3.8) is 0 Å². The molecule has 96 valence electrons. The standard InChI is InChI=1S/C14H23NO2/c1-4-14(3)10-12(7-9-17-14)15-11(2)13-6-5-8-16-13/h5-6,8,11-12,15H,4,7,9-10H2,1-3H3. The van der Waals surface area contributed by atoms with Gasteiger partial charge in [-0.05, 0) is 45.2 Å². The summed E-state index contributed by atoms with van der Waals surface area (Å²) < 4.78 is 11.3. The van der Waals surface area contributed by atoms with Crippen LogP contribution in [-0.4, -0.2) is 18.2 Å². The summed E-state index contributed by atoms with van der Waals surface area (Å²) in [6.07, 6.45) is 4.96. The van der Waals surface area contributed by atoms with Crippen molar-refractivity contribution >= 4 is 0 Å². The molecule has 1 saturated heterocycles. The lowest BCUT2D eigenvalue weighted by molar-refractivity contribution is -0.0791. The van der Waals surface area contributed by atoms with Crippen LogP contribution in [0.4, 0.5) is 0 Å². The first-order chi connectivity index (χ1) is 8.13. The molecule has 3 nitrogen and oxygen atoms in total. The number of nitrogens with one attached hydrogen (secondary N) is 1. The van der Waals surface area contributed by atoms with E-state index in [0.29, 0.717) is 6.04 Å². The van der Waals surface area contributed by atoms with Crippen molar-refractivity contribution in [2.45, 2.75) is 57.7 Å². The highest BCUT2D eigenvalue weighted by atomic mass is 16.5. The molecule has 1 aliphatic rings. The van der Waals surface area contributed by atoms with Gasteiger partial charge in [0.15, 0.2) is 0 Å². The Morgan fingerprint density at radius 1 is 1.59 bits per heavy atom. The van der Waals surface area contributed by atoms with E-state index in [0.717, 1.165) is 31.6 Å². The minimum atomic E-state index is 0.0405. The summed E-state index contributed by atoms with van der Waals surface area (Å²) in [5, 5.41) is 3.64. The normalized spacial score (nSPS) is 31.4. The Balaban J connectivity index is 1.91. The number of rotatable bonds is 4. The maximum atomic E-state index is 5.85. The molecule has 0 bridgehead atoms. The van der Waals surface area contributed by atoms with Crippen LogP contribution in [0.5, 0.6) is 0 Å². The molecule has 1 aromatic rings. The minimum absolute atomic E-state index is 0.0405. The van der Waals surface area contributed by atoms with E-state index in [1.165, 1.54) is 0 Å². The number of hydrogen-bond donors (Lipinski definition) is 1. The summed E-state index contributed by atoms with van der Waals surface area (Å²) in [4.78, 5) is 0. The first-order valence-corrected chi connectivity index (χ1v) is 6.56. The van der Waals surface area contributed by atoms with Crippen molar-refractivity contribution < 1.29 is 9.15 Å². The van der Waals surface area contributed by atoms with Crippen LogP contribution in [0.1, 0.15) is 51.8 Å². The third kappa shape index (κ3) is 3.11. The largest absolute Gasteiger partial charge is 0.468 e. The molecule has 0 radical (unpaired) electrons. The Hall–Kier alpha value is -0.800. The lowest BCUT2D eigenvalue weighted by Gasteiger charge is -2.39. The average Bonchev–Trinajstić information content (AvgIpc) is 2.82. The maximum Gasteiger partial charge on any atom is 0.120 e. The van der Waals surface area contributed by atoms with Gasteiger partial charge in [-0.15, -0.1) is 0 Å². The lowest BCUT2D eigenvalue weighted by atomic mass is 9.89. The zero-order chi connectivity index (χ0) is 12.3. The molecule has 0 saturated carbocycles. The molecule has 0 aliphatic carbocycles. The molecule has 0 aromatic carbocycles. The van der Waals surface area contributed by atoms with E-state index >= 15 is 0 Å². The third-order valence-corrected chi connectivity index (χ3v) is 3.80. The smallest absolute Gasteiger partial charge is 0.120 e. The second-order valence-electron chi connectivity index (χ2n) is 5.25. The Bertz CT molecular complexity index is 336. The molecule has 1 aliphatic heterocycles. The molecule has 3 atom stereocenters. The number of furan rings is 1. The Labute approximate surface area is 104 Å². The zero-order valence-electron chi connectivity index (χ0n) is 11.0. The van der Waals surface area contributed by atoms with Crippen LogP contribution >= 0.6 is 0 Å². The summed E-state index contributed by atoms with van der Waals surface area (Å²) in [7, 11) is 0. The van der Waals surface area contributed by atoms with Gasteiger partial charge in [-0.25, -0.2) is 0 Å². The molecule has 3 heteroatoms. The van der Waals surface area contributed by atoms with E-state index in [1.54, 1.807) is 6.26 Å². The Kier molecular flexibility index (Phi) is 3.89. The monoisotopic (exact) mass is 237 g/mol. The molecule has 1 fully saturated rings. The Morgan fingerprint density at radius 2 is 2.41 bits per heavy atom. The molecule has 0 spiro atoms. The quantitative estimate of drug-likeness (QED) is 0.872. The summed E-state index contributed by atoms with van der Waals surface area (Å²) in [6.45, 7) is 7.40. The van der Waals surface area contributed by atoms with Gasteiger partial charge < -0.3 is 14.5 Å². The zero-order valence-corrected chi connectivity index (χ0v) is 11.0. The highest BCUT2D eigenvalue weighted by molar-refractivity contribution is 5.03. The van der Waals surface area contributed by atoms with E-state index in [-0.39, 0.29) is 11.6 Å². The van der Waals surface area contributed by atoms with E-state index < -0.39 is 0 Å². The van der Waals surface area contributed by atoms with Crippen molar-refractivity contribution in [1.82, 2.24) is 5.32 Å². The molecular weight excluding hydrogens is 214 g/mol. The predicted octanol–water partition coefficient (Wildman–Crippen LogP) is 3.28. The first-order valence-electron chi connectivity index (χ1n) is 6.56. The van der Waals surface area contributed by atoms with Crippen molar-refractivity contribution in [2.75, 3.05) is 6.61 Å². The summed E-state index contributed by atoms with van der Waals surface area (Å²) in [6, 6.07) is 4.76. The van der Waals surface area contributed by atoms with E-state index in [2.05, 4.69) is 26.1 Å². The molecule has 3 unspecified atom stereocenters. The number of ether oxygens (including phenoxy) is 1. The van der Waals surface area contributed by atoms with Gasteiger partial charge in [0, 0.05) is 12.6 Å². The molecule has 2 rings (SSSR count). The van der Waals surface area contributed by atoms with Crippen molar-refractivity contribution in [3.05, 3.63) is 24.2 Å². The second-order valence-corrected chi connectivity index (χ2v) is 5.25. The Morgan fingerprint density at radius 3 is 3.06 bits per heavy atom. The maximum absolute atomic E-state index is 5.85. The molecule has 0 amide bonds. The fourth-order valence-electron chi connectivity index (χ4n) is 2.49. The van der Waals surface area contributed by atoms with E-state index in [1.807, 2.05) is 12.1 Å². The number of hydrogen-bond acceptors (Lipinski definition) is 3. The van der Waals surface area contributed by atoms with Crippen LogP contribution in [0.3, 0.4) is 0 Å². The van der Waals surface area contributed by atoms with E-state index in [4.69, 9.17) is 9.15 Å². The summed E-state index contributed by atoms with van der Waals surface area (Å²) >= 11 is 0. The summed E-state index contributed by atoms with van der Waals surface area (Å²) in [5.74, 6) is 1.01. The average molecular weight is 237 g/mol. The molecule has 1 aromatic heterocycles. The van der Waals surface area contributed by atoms with Gasteiger partial charge in [-0.1, -0.05) is 6.92 Å². The van der Waals surface area contributed by atoms with Crippen LogP contribution in [-0.2, 0) is 4.74 Å². The van der Waals surface area contributed by atoms with Crippen LogP contribution in [0.25, 0.3) is 0 Å². The van der Waals surface area contributed by atoms with E-state index in [9.17, 15) is 0 Å². The highest BCUT2D eigenvalue weighted by Crippen LogP contribution is 2.29. The SMILES string of the molecule is CCC1(C)CC(NC(C)c2ccco2)CCO1. The van der Waals surface area contributed by atoms with Gasteiger partial charge in [-0.3, -0.25) is 0 Å². The predicted molar refractivity (Wildman–Crippen MR) is 67.9 cm³/mol. The minimum Gasteiger partial charge on any atom is -0.468 e. The van der Waals surface area contributed by atoms with Crippen molar-refractivity contribution in [3.8, 4) is 0 Å². The van der Waals surface area contributed by atoms with Gasteiger partial charge >= 0.3 is 0 Å². The second kappa shape index (κ2) is 5.23. The topological polar surface area (TPSA) is 34.4 Å². The molecule has 2 heterocycles. The van der Waals surface area contributed by atoms with Gasteiger partial charge in [0.1, 0.15) is 5.76 Å². The van der Waals surface area contributed by atoms with Crippen molar-refractivity contribution in [2.24, 2.45) is 0 Å². The highest BCUT2D eigenvalue weighted by Gasteiger charge is 2.32. The molecule has 1 N–H and O–H groups in total. The van der Waals surface area contributed by atoms with Gasteiger partial charge in [0.05, 0.1) is 17.9 Å². The lowest BCUT2D eigenvalue weighted by Crippen LogP contribution is -2.45. The van der Waals surface area contributed by atoms with Crippen molar-refractivity contribution in [1.29, 1.82) is 0 Å². The van der Waals surface area contributed by atoms with Crippen LogP contribution in [0.15, 0.2) is 22.8 Å². The molecular formula is C14H23NO2. The third-order valence-electron chi connectivity index (χ3n) is 3.80. The van der Waals surface area contributed by atoms with Gasteiger partial charge in [0.25, 0.3) is 0 Å². The van der Waals surface area contributed by atoms with Crippen LogP contribution in [0.2, 0.25) is 0 Å².